The standard InChI is InChI=1S/C12H24N3O/c1-2-3-4-5-7-14-15-9-6-12(15)11-16-10-8-13-12/h14H,2-11H2,1H3. The summed E-state index contributed by atoms with van der Waals surface area (Å²) in [5.41, 5.74) is 3.49. The van der Waals surface area contributed by atoms with E-state index in [0.29, 0.717) is 0 Å². The lowest BCUT2D eigenvalue weighted by atomic mass is 9.96. The summed E-state index contributed by atoms with van der Waals surface area (Å²) in [5.74, 6) is 0. The lowest BCUT2D eigenvalue weighted by Gasteiger charge is -2.53. The number of nitrogens with zero attached hydrogens (tertiary/aromatic N) is 2. The van der Waals surface area contributed by atoms with Crippen LogP contribution in [0.3, 0.4) is 0 Å². The van der Waals surface area contributed by atoms with Crippen molar-refractivity contribution >= 4 is 0 Å². The van der Waals surface area contributed by atoms with Crippen LogP contribution in [0.4, 0.5) is 0 Å². The predicted octanol–water partition coefficient (Wildman–Crippen LogP) is 1.11. The lowest BCUT2D eigenvalue weighted by molar-refractivity contribution is -0.151. The van der Waals surface area contributed by atoms with Crippen molar-refractivity contribution in [2.45, 2.75) is 44.7 Å². The number of hydrogen-bond donors (Lipinski definition) is 1. The Morgan fingerprint density at radius 1 is 1.38 bits per heavy atom. The van der Waals surface area contributed by atoms with Gasteiger partial charge < -0.3 is 4.74 Å². The maximum atomic E-state index is 5.53. The SMILES string of the molecule is CCCCCCNN1CCC12COCC[N]2. The average molecular weight is 226 g/mol. The van der Waals surface area contributed by atoms with Crippen LogP contribution in [-0.2, 0) is 4.74 Å². The number of morpholine rings is 1. The number of rotatable bonds is 6. The molecule has 2 saturated heterocycles. The minimum atomic E-state index is -0.0109. The number of ether oxygens (including phenoxy) is 1. The minimum Gasteiger partial charge on any atom is -0.377 e. The zero-order chi connectivity index (χ0) is 11.3. The highest BCUT2D eigenvalue weighted by Crippen LogP contribution is 2.28. The fourth-order valence-corrected chi connectivity index (χ4v) is 2.39. The van der Waals surface area contributed by atoms with Gasteiger partial charge in [-0.1, -0.05) is 26.2 Å². The molecule has 2 fully saturated rings. The van der Waals surface area contributed by atoms with Crippen molar-refractivity contribution in [3.63, 3.8) is 0 Å². The molecule has 0 aromatic rings. The molecule has 2 aliphatic heterocycles. The van der Waals surface area contributed by atoms with Gasteiger partial charge in [0.1, 0.15) is 5.66 Å². The van der Waals surface area contributed by atoms with Crippen LogP contribution in [0.5, 0.6) is 0 Å². The quantitative estimate of drug-likeness (QED) is 0.690. The second-order valence-electron chi connectivity index (χ2n) is 4.79. The molecule has 0 saturated carbocycles. The third-order valence-corrected chi connectivity index (χ3v) is 3.55. The summed E-state index contributed by atoms with van der Waals surface area (Å²) in [6.07, 6.45) is 6.39. The van der Waals surface area contributed by atoms with Crippen molar-refractivity contribution in [3.8, 4) is 0 Å². The van der Waals surface area contributed by atoms with Crippen molar-refractivity contribution in [1.29, 1.82) is 0 Å². The first-order valence-electron chi connectivity index (χ1n) is 6.65. The van der Waals surface area contributed by atoms with Crippen LogP contribution in [-0.4, -0.2) is 43.5 Å². The highest BCUT2D eigenvalue weighted by atomic mass is 16.5. The summed E-state index contributed by atoms with van der Waals surface area (Å²) in [5, 5.41) is 6.98. The number of hydrogen-bond acceptors (Lipinski definition) is 3. The summed E-state index contributed by atoms with van der Waals surface area (Å²) in [7, 11) is 0. The molecule has 0 amide bonds. The summed E-state index contributed by atoms with van der Waals surface area (Å²) < 4.78 is 5.53. The normalized spacial score (nSPS) is 30.6. The maximum Gasteiger partial charge on any atom is 0.125 e. The summed E-state index contributed by atoms with van der Waals surface area (Å²) in [6.45, 7) is 6.86. The Kier molecular flexibility index (Phi) is 4.58. The van der Waals surface area contributed by atoms with Crippen LogP contribution in [0.25, 0.3) is 0 Å². The lowest BCUT2D eigenvalue weighted by Crippen LogP contribution is -2.73. The van der Waals surface area contributed by atoms with E-state index in [9.17, 15) is 0 Å². The molecule has 0 aromatic carbocycles. The Bertz CT molecular complexity index is 204. The molecular weight excluding hydrogens is 202 g/mol. The van der Waals surface area contributed by atoms with Crippen molar-refractivity contribution in [1.82, 2.24) is 15.8 Å². The van der Waals surface area contributed by atoms with Crippen molar-refractivity contribution in [3.05, 3.63) is 0 Å². The van der Waals surface area contributed by atoms with Crippen LogP contribution in [0.1, 0.15) is 39.0 Å². The van der Waals surface area contributed by atoms with Gasteiger partial charge in [-0.25, -0.2) is 10.3 Å². The Morgan fingerprint density at radius 3 is 2.94 bits per heavy atom. The monoisotopic (exact) mass is 226 g/mol. The molecule has 2 heterocycles. The summed E-state index contributed by atoms with van der Waals surface area (Å²) >= 11 is 0. The van der Waals surface area contributed by atoms with Gasteiger partial charge in [-0.05, 0) is 12.8 Å². The van der Waals surface area contributed by atoms with E-state index in [2.05, 4.69) is 17.4 Å². The molecule has 4 heteroatoms. The molecular formula is C12H24N3O. The second-order valence-corrected chi connectivity index (χ2v) is 4.79. The van der Waals surface area contributed by atoms with Gasteiger partial charge in [-0.3, -0.25) is 5.43 Å². The molecule has 1 spiro atoms. The molecule has 2 rings (SSSR count). The van der Waals surface area contributed by atoms with Gasteiger partial charge in [-0.2, -0.15) is 0 Å². The van der Waals surface area contributed by atoms with Crippen LogP contribution in [0.15, 0.2) is 0 Å². The molecule has 2 aliphatic rings. The van der Waals surface area contributed by atoms with Gasteiger partial charge in [0.2, 0.25) is 0 Å². The molecule has 1 atom stereocenters. The molecule has 0 aliphatic carbocycles. The molecule has 16 heavy (non-hydrogen) atoms. The third kappa shape index (κ3) is 2.74. The molecule has 4 nitrogen and oxygen atoms in total. The van der Waals surface area contributed by atoms with Crippen LogP contribution >= 0.6 is 0 Å². The van der Waals surface area contributed by atoms with Gasteiger partial charge in [-0.15, -0.1) is 0 Å². The number of nitrogens with one attached hydrogen (secondary N) is 1. The number of hydrazine groups is 1. The van der Waals surface area contributed by atoms with Gasteiger partial charge in [0.05, 0.1) is 13.2 Å². The molecule has 93 valence electrons. The fraction of sp³-hybridized carbons (Fsp3) is 1.00. The maximum absolute atomic E-state index is 5.53. The van der Waals surface area contributed by atoms with Crippen molar-refractivity contribution in [2.75, 3.05) is 32.8 Å². The van der Waals surface area contributed by atoms with E-state index in [1.165, 1.54) is 25.7 Å². The smallest absolute Gasteiger partial charge is 0.125 e. The molecule has 1 radical (unpaired) electrons. The first-order chi connectivity index (χ1) is 7.87. The van der Waals surface area contributed by atoms with E-state index in [0.717, 1.165) is 39.3 Å². The topological polar surface area (TPSA) is 38.6 Å². The van der Waals surface area contributed by atoms with E-state index >= 15 is 0 Å². The highest BCUT2D eigenvalue weighted by molar-refractivity contribution is 4.96. The predicted molar refractivity (Wildman–Crippen MR) is 64.0 cm³/mol. The van der Waals surface area contributed by atoms with Gasteiger partial charge >= 0.3 is 0 Å². The molecule has 0 bridgehead atoms. The van der Waals surface area contributed by atoms with Crippen molar-refractivity contribution < 1.29 is 4.74 Å². The Labute approximate surface area is 98.7 Å². The van der Waals surface area contributed by atoms with Crippen LogP contribution in [0.2, 0.25) is 0 Å². The second kappa shape index (κ2) is 5.96. The largest absolute Gasteiger partial charge is 0.377 e. The summed E-state index contributed by atoms with van der Waals surface area (Å²) in [4.78, 5) is 0. The zero-order valence-corrected chi connectivity index (χ0v) is 10.4. The first-order valence-corrected chi connectivity index (χ1v) is 6.65. The van der Waals surface area contributed by atoms with Crippen molar-refractivity contribution in [2.24, 2.45) is 0 Å². The fourth-order valence-electron chi connectivity index (χ4n) is 2.39. The molecule has 1 N–H and O–H groups in total. The average Bonchev–Trinajstić information content (AvgIpc) is 2.33. The number of unbranched alkanes of at least 4 members (excludes halogenated alkanes) is 3. The minimum absolute atomic E-state index is 0.0109. The van der Waals surface area contributed by atoms with Gasteiger partial charge in [0, 0.05) is 19.6 Å². The molecule has 1 unspecified atom stereocenters. The molecule has 0 aromatic heterocycles. The third-order valence-electron chi connectivity index (χ3n) is 3.55. The van der Waals surface area contributed by atoms with E-state index in [1.807, 2.05) is 0 Å². The van der Waals surface area contributed by atoms with E-state index in [1.54, 1.807) is 0 Å². The first kappa shape index (κ1) is 12.3. The van der Waals surface area contributed by atoms with Crippen LogP contribution in [0, 0.1) is 0 Å². The van der Waals surface area contributed by atoms with E-state index < -0.39 is 0 Å². The Balaban J connectivity index is 1.62. The highest BCUT2D eigenvalue weighted by Gasteiger charge is 2.47. The Hall–Kier alpha value is -0.160. The van der Waals surface area contributed by atoms with Gasteiger partial charge in [0.15, 0.2) is 0 Å². The Morgan fingerprint density at radius 2 is 2.31 bits per heavy atom. The van der Waals surface area contributed by atoms with E-state index in [4.69, 9.17) is 10.1 Å². The van der Waals surface area contributed by atoms with Gasteiger partial charge in [0.25, 0.3) is 0 Å². The van der Waals surface area contributed by atoms with Crippen LogP contribution < -0.4 is 10.7 Å². The van der Waals surface area contributed by atoms with E-state index in [-0.39, 0.29) is 5.66 Å². The summed E-state index contributed by atoms with van der Waals surface area (Å²) in [6, 6.07) is 0. The zero-order valence-electron chi connectivity index (χ0n) is 10.4.